The first kappa shape index (κ1) is 20.1. The highest BCUT2D eigenvalue weighted by molar-refractivity contribution is 5.72. The molecule has 3 aliphatic rings. The highest BCUT2D eigenvalue weighted by atomic mass is 19.2. The van der Waals surface area contributed by atoms with Gasteiger partial charge in [-0.2, -0.15) is 0 Å². The Balaban J connectivity index is 1.37. The molecule has 3 atom stereocenters. The van der Waals surface area contributed by atoms with E-state index in [-0.39, 0.29) is 24.7 Å². The van der Waals surface area contributed by atoms with Gasteiger partial charge in [-0.3, -0.25) is 4.79 Å². The summed E-state index contributed by atoms with van der Waals surface area (Å²) in [7, 11) is 0. The number of hydrogen-bond acceptors (Lipinski definition) is 2. The lowest BCUT2D eigenvalue weighted by Gasteiger charge is -2.37. The van der Waals surface area contributed by atoms with Crippen LogP contribution in [0, 0.1) is 23.7 Å². The van der Waals surface area contributed by atoms with E-state index in [1.165, 1.54) is 38.5 Å². The summed E-state index contributed by atoms with van der Waals surface area (Å²) in [5, 5.41) is 0. The Bertz CT molecular complexity index is 439. The molecule has 2 nitrogen and oxygen atoms in total. The van der Waals surface area contributed by atoms with Crippen LogP contribution >= 0.6 is 0 Å². The largest absolute Gasteiger partial charge is 0.462 e. The molecule has 150 valence electrons. The van der Waals surface area contributed by atoms with Crippen molar-refractivity contribution in [3.8, 4) is 0 Å². The Morgan fingerprint density at radius 3 is 2.04 bits per heavy atom. The summed E-state index contributed by atoms with van der Waals surface area (Å²) in [5.74, 6) is 2.39. The van der Waals surface area contributed by atoms with E-state index in [0.29, 0.717) is 6.42 Å². The molecular weight excluding hydrogens is 334 g/mol. The number of carbonyl (C=O) groups is 1. The van der Waals surface area contributed by atoms with Crippen LogP contribution in [0.1, 0.15) is 90.4 Å². The van der Waals surface area contributed by atoms with Crippen molar-refractivity contribution >= 4 is 5.97 Å². The maximum Gasteiger partial charge on any atom is 0.309 e. The van der Waals surface area contributed by atoms with E-state index in [0.717, 1.165) is 43.4 Å². The van der Waals surface area contributed by atoms with Gasteiger partial charge in [0.05, 0.1) is 5.92 Å². The van der Waals surface area contributed by atoms with Crippen LogP contribution in [0.5, 0.6) is 0 Å². The number of carbonyl (C=O) groups excluding carboxylic acids is 1. The molecule has 4 heteroatoms. The Labute approximate surface area is 157 Å². The maximum absolute atomic E-state index is 13.5. The number of ether oxygens (including phenoxy) is 1. The number of halogens is 2. The van der Waals surface area contributed by atoms with Crippen molar-refractivity contribution in [3.63, 3.8) is 0 Å². The number of hydrogen-bond donors (Lipinski definition) is 0. The number of esters is 1. The summed E-state index contributed by atoms with van der Waals surface area (Å²) < 4.78 is 32.2. The van der Waals surface area contributed by atoms with Crippen molar-refractivity contribution < 1.29 is 18.3 Å². The molecule has 0 aromatic heterocycles. The molecule has 0 heterocycles. The highest BCUT2D eigenvalue weighted by Gasteiger charge is 2.36. The predicted molar refractivity (Wildman–Crippen MR) is 99.3 cm³/mol. The molecule has 3 aliphatic carbocycles. The van der Waals surface area contributed by atoms with Crippen molar-refractivity contribution in [2.75, 3.05) is 0 Å². The van der Waals surface area contributed by atoms with E-state index in [1.807, 2.05) is 0 Å². The van der Waals surface area contributed by atoms with Crippen molar-refractivity contribution in [2.45, 2.75) is 109 Å². The molecule has 3 fully saturated rings. The predicted octanol–water partition coefficient (Wildman–Crippen LogP) is 6.17. The first-order valence-corrected chi connectivity index (χ1v) is 11.1. The molecule has 0 amide bonds. The molecule has 0 aromatic carbocycles. The maximum atomic E-state index is 13.5. The van der Waals surface area contributed by atoms with E-state index in [4.69, 9.17) is 4.74 Å². The quantitative estimate of drug-likeness (QED) is 0.541. The van der Waals surface area contributed by atoms with E-state index < -0.39 is 18.4 Å². The van der Waals surface area contributed by atoms with Crippen LogP contribution in [0.15, 0.2) is 0 Å². The number of rotatable bonds is 5. The van der Waals surface area contributed by atoms with E-state index >= 15 is 0 Å². The molecular formula is C22H36F2O2. The zero-order valence-electron chi connectivity index (χ0n) is 16.3. The fraction of sp³-hybridized carbons (Fsp3) is 0.955. The fourth-order valence-corrected chi connectivity index (χ4v) is 5.59. The minimum Gasteiger partial charge on any atom is -0.462 e. The first-order valence-electron chi connectivity index (χ1n) is 11.1. The first-order chi connectivity index (χ1) is 12.6. The second-order valence-electron chi connectivity index (χ2n) is 9.09. The third kappa shape index (κ3) is 5.19. The van der Waals surface area contributed by atoms with Crippen LogP contribution in [-0.4, -0.2) is 24.4 Å². The molecule has 0 radical (unpaired) electrons. The molecule has 0 N–H and O–H groups in total. The summed E-state index contributed by atoms with van der Waals surface area (Å²) in [6.45, 7) is 2.28. The van der Waals surface area contributed by atoms with Crippen LogP contribution in [-0.2, 0) is 9.53 Å². The second kappa shape index (κ2) is 9.50. The molecule has 3 unspecified atom stereocenters. The lowest BCUT2D eigenvalue weighted by molar-refractivity contribution is -0.159. The summed E-state index contributed by atoms with van der Waals surface area (Å²) in [6, 6.07) is 0. The molecule has 3 saturated carbocycles. The van der Waals surface area contributed by atoms with Gasteiger partial charge in [-0.05, 0) is 69.1 Å². The Hall–Kier alpha value is -0.670. The SMILES string of the molecule is CCCC1CCC(C2CCC(C(=O)OC3CCC(F)C(F)C3)CC2)CC1. The van der Waals surface area contributed by atoms with Crippen molar-refractivity contribution in [1.82, 2.24) is 0 Å². The van der Waals surface area contributed by atoms with Gasteiger partial charge >= 0.3 is 5.97 Å². The third-order valence-electron chi connectivity index (χ3n) is 7.29. The van der Waals surface area contributed by atoms with Gasteiger partial charge in [-0.15, -0.1) is 0 Å². The third-order valence-corrected chi connectivity index (χ3v) is 7.29. The second-order valence-corrected chi connectivity index (χ2v) is 9.09. The molecule has 0 aromatic rings. The minimum absolute atomic E-state index is 0.0242. The van der Waals surface area contributed by atoms with Crippen LogP contribution < -0.4 is 0 Å². The summed E-state index contributed by atoms with van der Waals surface area (Å²) >= 11 is 0. The number of alkyl halides is 2. The van der Waals surface area contributed by atoms with E-state index in [1.54, 1.807) is 0 Å². The van der Waals surface area contributed by atoms with Crippen LogP contribution in [0.2, 0.25) is 0 Å². The lowest BCUT2D eigenvalue weighted by Crippen LogP contribution is -2.36. The van der Waals surface area contributed by atoms with Gasteiger partial charge in [0.1, 0.15) is 18.4 Å². The summed E-state index contributed by atoms with van der Waals surface area (Å²) in [4.78, 5) is 12.4. The van der Waals surface area contributed by atoms with E-state index in [9.17, 15) is 13.6 Å². The van der Waals surface area contributed by atoms with Gasteiger partial charge in [-0.25, -0.2) is 8.78 Å². The van der Waals surface area contributed by atoms with Crippen molar-refractivity contribution in [3.05, 3.63) is 0 Å². The van der Waals surface area contributed by atoms with Crippen LogP contribution in [0.25, 0.3) is 0 Å². The van der Waals surface area contributed by atoms with Gasteiger partial charge in [0.25, 0.3) is 0 Å². The highest BCUT2D eigenvalue weighted by Crippen LogP contribution is 2.42. The molecule has 26 heavy (non-hydrogen) atoms. The Kier molecular flexibility index (Phi) is 7.34. The van der Waals surface area contributed by atoms with Crippen molar-refractivity contribution in [2.24, 2.45) is 23.7 Å². The van der Waals surface area contributed by atoms with Crippen LogP contribution in [0.3, 0.4) is 0 Å². The monoisotopic (exact) mass is 370 g/mol. The van der Waals surface area contributed by atoms with Gasteiger partial charge in [0, 0.05) is 6.42 Å². The Morgan fingerprint density at radius 1 is 0.846 bits per heavy atom. The normalized spacial score (nSPS) is 41.6. The molecule has 0 aliphatic heterocycles. The van der Waals surface area contributed by atoms with Crippen molar-refractivity contribution in [1.29, 1.82) is 0 Å². The standard InChI is InChI=1S/C22H36F2O2/c1-2-3-15-4-6-16(7-5-15)17-8-10-18(11-9-17)22(25)26-19-12-13-20(23)21(24)14-19/h15-21H,2-14H2,1H3. The molecule has 0 spiro atoms. The lowest BCUT2D eigenvalue weighted by atomic mass is 9.69. The zero-order valence-corrected chi connectivity index (χ0v) is 16.3. The van der Waals surface area contributed by atoms with Crippen LogP contribution in [0.4, 0.5) is 8.78 Å². The molecule has 3 rings (SSSR count). The smallest absolute Gasteiger partial charge is 0.309 e. The van der Waals surface area contributed by atoms with E-state index in [2.05, 4.69) is 6.92 Å². The average molecular weight is 371 g/mol. The fourth-order valence-electron chi connectivity index (χ4n) is 5.59. The average Bonchev–Trinajstić information content (AvgIpc) is 2.66. The summed E-state index contributed by atoms with van der Waals surface area (Å²) in [6.07, 6.45) is 9.69. The minimum atomic E-state index is -1.47. The topological polar surface area (TPSA) is 26.3 Å². The van der Waals surface area contributed by atoms with Gasteiger partial charge < -0.3 is 4.74 Å². The van der Waals surface area contributed by atoms with Gasteiger partial charge in [-0.1, -0.05) is 32.6 Å². The van der Waals surface area contributed by atoms with Gasteiger partial charge in [0.2, 0.25) is 0 Å². The molecule has 0 bridgehead atoms. The summed E-state index contributed by atoms with van der Waals surface area (Å²) in [5.41, 5.74) is 0. The molecule has 0 saturated heterocycles. The Morgan fingerprint density at radius 2 is 1.46 bits per heavy atom. The zero-order chi connectivity index (χ0) is 18.5. The van der Waals surface area contributed by atoms with Gasteiger partial charge in [0.15, 0.2) is 0 Å².